The van der Waals surface area contributed by atoms with E-state index < -0.39 is 0 Å². The van der Waals surface area contributed by atoms with Crippen LogP contribution in [-0.4, -0.2) is 61.6 Å². The second kappa shape index (κ2) is 9.66. The van der Waals surface area contributed by atoms with E-state index in [1.807, 2.05) is 13.8 Å². The highest BCUT2D eigenvalue weighted by molar-refractivity contribution is 5.82. The fourth-order valence-corrected chi connectivity index (χ4v) is 2.61. The van der Waals surface area contributed by atoms with Crippen molar-refractivity contribution in [2.75, 3.05) is 26.7 Å². The van der Waals surface area contributed by atoms with Crippen LogP contribution in [0.2, 0.25) is 0 Å². The topological polar surface area (TPSA) is 64.0 Å². The third-order valence-electron chi connectivity index (χ3n) is 3.61. The number of likely N-dealkylation sites (tertiary alicyclic amines) is 1. The molecule has 3 N–H and O–H groups in total. The maximum Gasteiger partial charge on any atom is 0.193 e. The van der Waals surface area contributed by atoms with Gasteiger partial charge in [0.2, 0.25) is 0 Å². The highest BCUT2D eigenvalue weighted by atomic mass is 15.3. The Balaban J connectivity index is 2.51. The van der Waals surface area contributed by atoms with Crippen LogP contribution in [0.4, 0.5) is 0 Å². The number of piperidine rings is 1. The number of nitrogens with one attached hydrogen (secondary N) is 3. The van der Waals surface area contributed by atoms with E-state index >= 15 is 0 Å². The summed E-state index contributed by atoms with van der Waals surface area (Å²) in [5.74, 6) is 1.82. The molecular formula is C16H34N6. The molecule has 6 nitrogen and oxygen atoms in total. The third-order valence-corrected chi connectivity index (χ3v) is 3.61. The fourth-order valence-electron chi connectivity index (χ4n) is 2.61. The Kier molecular flexibility index (Phi) is 8.24. The Bertz CT molecular complexity index is 369. The first-order chi connectivity index (χ1) is 10.4. The number of guanidine groups is 1. The second-order valence-corrected chi connectivity index (χ2v) is 6.38. The molecule has 0 saturated carbocycles. The van der Waals surface area contributed by atoms with Gasteiger partial charge in [-0.1, -0.05) is 0 Å². The summed E-state index contributed by atoms with van der Waals surface area (Å²) >= 11 is 0. The van der Waals surface area contributed by atoms with Gasteiger partial charge in [0.1, 0.15) is 6.17 Å². The van der Waals surface area contributed by atoms with Gasteiger partial charge in [-0.05, 0) is 67.6 Å². The quantitative estimate of drug-likeness (QED) is 0.530. The van der Waals surface area contributed by atoms with E-state index in [9.17, 15) is 0 Å². The second-order valence-electron chi connectivity index (χ2n) is 6.38. The van der Waals surface area contributed by atoms with Crippen molar-refractivity contribution in [3.63, 3.8) is 0 Å². The number of amidine groups is 1. The summed E-state index contributed by atoms with van der Waals surface area (Å²) in [7, 11) is 2.18. The summed E-state index contributed by atoms with van der Waals surface area (Å²) in [6, 6.07) is 0.900. The molecule has 1 aliphatic heterocycles. The summed E-state index contributed by atoms with van der Waals surface area (Å²) in [5, 5.41) is 10.2. The first kappa shape index (κ1) is 18.7. The lowest BCUT2D eigenvalue weighted by molar-refractivity contribution is 0.246. The van der Waals surface area contributed by atoms with Crippen LogP contribution in [0.15, 0.2) is 9.98 Å². The number of rotatable bonds is 5. The zero-order chi connectivity index (χ0) is 16.5. The summed E-state index contributed by atoms with van der Waals surface area (Å²) in [6.07, 6.45) is 2.31. The molecule has 1 aliphatic rings. The minimum absolute atomic E-state index is 0.00434. The zero-order valence-corrected chi connectivity index (χ0v) is 15.1. The largest absolute Gasteiger partial charge is 0.372 e. The molecular weight excluding hydrogens is 276 g/mol. The van der Waals surface area contributed by atoms with Crippen molar-refractivity contribution in [1.82, 2.24) is 20.9 Å². The molecule has 1 heterocycles. The molecule has 0 aliphatic carbocycles. The van der Waals surface area contributed by atoms with Gasteiger partial charge in [-0.15, -0.1) is 0 Å². The monoisotopic (exact) mass is 310 g/mol. The molecule has 6 heteroatoms. The zero-order valence-electron chi connectivity index (χ0n) is 15.1. The van der Waals surface area contributed by atoms with E-state index in [4.69, 9.17) is 0 Å². The van der Waals surface area contributed by atoms with Gasteiger partial charge >= 0.3 is 0 Å². The lowest BCUT2D eigenvalue weighted by Gasteiger charge is -2.31. The lowest BCUT2D eigenvalue weighted by atomic mass is 10.1. The number of nitrogens with zero attached hydrogens (tertiary/aromatic N) is 3. The maximum atomic E-state index is 4.61. The van der Waals surface area contributed by atoms with Crippen molar-refractivity contribution in [2.45, 2.75) is 65.7 Å². The molecule has 0 amide bonds. The Labute approximate surface area is 135 Å². The number of hydrogen-bond acceptors (Lipinski definition) is 3. The van der Waals surface area contributed by atoms with E-state index in [1.54, 1.807) is 0 Å². The van der Waals surface area contributed by atoms with E-state index in [1.165, 1.54) is 0 Å². The predicted molar refractivity (Wildman–Crippen MR) is 95.6 cm³/mol. The normalized spacial score (nSPS) is 20.1. The van der Waals surface area contributed by atoms with Crippen LogP contribution in [0, 0.1) is 0 Å². The molecule has 1 fully saturated rings. The molecule has 22 heavy (non-hydrogen) atoms. The molecule has 1 rings (SSSR count). The molecule has 0 aromatic rings. The molecule has 1 saturated heterocycles. The van der Waals surface area contributed by atoms with Crippen molar-refractivity contribution in [1.29, 1.82) is 0 Å². The molecule has 0 bridgehead atoms. The van der Waals surface area contributed by atoms with Crippen LogP contribution in [0.25, 0.3) is 0 Å². The van der Waals surface area contributed by atoms with Gasteiger partial charge in [-0.2, -0.15) is 0 Å². The van der Waals surface area contributed by atoms with E-state index in [2.05, 4.69) is 58.7 Å². The first-order valence-corrected chi connectivity index (χ1v) is 8.47. The predicted octanol–water partition coefficient (Wildman–Crippen LogP) is 1.40. The Morgan fingerprint density at radius 2 is 1.82 bits per heavy atom. The Morgan fingerprint density at radius 3 is 2.36 bits per heavy atom. The average Bonchev–Trinajstić information content (AvgIpc) is 2.40. The van der Waals surface area contributed by atoms with Gasteiger partial charge in [0, 0.05) is 18.6 Å². The van der Waals surface area contributed by atoms with Crippen molar-refractivity contribution >= 4 is 11.8 Å². The summed E-state index contributed by atoms with van der Waals surface area (Å²) in [4.78, 5) is 11.5. The van der Waals surface area contributed by atoms with Gasteiger partial charge in [-0.3, -0.25) is 4.99 Å². The Hall–Kier alpha value is -1.30. The highest BCUT2D eigenvalue weighted by Crippen LogP contribution is 2.07. The average molecular weight is 310 g/mol. The van der Waals surface area contributed by atoms with Crippen molar-refractivity contribution in [2.24, 2.45) is 9.98 Å². The number of hydrogen-bond donors (Lipinski definition) is 3. The fraction of sp³-hybridized carbons (Fsp3) is 0.875. The van der Waals surface area contributed by atoms with Crippen LogP contribution >= 0.6 is 0 Å². The van der Waals surface area contributed by atoms with Gasteiger partial charge in [0.15, 0.2) is 5.96 Å². The van der Waals surface area contributed by atoms with Crippen LogP contribution in [0.3, 0.4) is 0 Å². The van der Waals surface area contributed by atoms with Gasteiger partial charge in [0.25, 0.3) is 0 Å². The van der Waals surface area contributed by atoms with Gasteiger partial charge < -0.3 is 20.9 Å². The van der Waals surface area contributed by atoms with Crippen LogP contribution in [-0.2, 0) is 0 Å². The van der Waals surface area contributed by atoms with Crippen molar-refractivity contribution in [3.05, 3.63) is 0 Å². The molecule has 128 valence electrons. The molecule has 0 radical (unpaired) electrons. The molecule has 1 atom stereocenters. The molecule has 0 aromatic heterocycles. The SMILES string of the molecule is CC/N=C(/NC1CCN(C)CC1)NC(C)/N=C(/C)NC(C)C. The van der Waals surface area contributed by atoms with Crippen molar-refractivity contribution < 1.29 is 0 Å². The van der Waals surface area contributed by atoms with E-state index in [0.29, 0.717) is 12.1 Å². The standard InChI is InChI=1S/C16H34N6/c1-7-17-16(21-15-8-10-22(6)11-9-15)20-14(5)19-13(4)18-12(2)3/h12,14-15H,7-11H2,1-6H3,(H,18,19)(H2,17,20,21). The first-order valence-electron chi connectivity index (χ1n) is 8.47. The highest BCUT2D eigenvalue weighted by Gasteiger charge is 2.18. The van der Waals surface area contributed by atoms with Crippen LogP contribution in [0.5, 0.6) is 0 Å². The maximum absolute atomic E-state index is 4.61. The minimum Gasteiger partial charge on any atom is -0.372 e. The van der Waals surface area contributed by atoms with Crippen molar-refractivity contribution in [3.8, 4) is 0 Å². The van der Waals surface area contributed by atoms with Gasteiger partial charge in [-0.25, -0.2) is 4.99 Å². The van der Waals surface area contributed by atoms with Crippen LogP contribution in [0.1, 0.15) is 47.5 Å². The van der Waals surface area contributed by atoms with E-state index in [0.717, 1.165) is 44.3 Å². The summed E-state index contributed by atoms with van der Waals surface area (Å²) < 4.78 is 0. The minimum atomic E-state index is -0.00434. The number of aliphatic imine (C=N–C) groups is 2. The third kappa shape index (κ3) is 7.64. The Morgan fingerprint density at radius 1 is 1.18 bits per heavy atom. The smallest absolute Gasteiger partial charge is 0.193 e. The summed E-state index contributed by atoms with van der Waals surface area (Å²) in [6.45, 7) is 13.4. The van der Waals surface area contributed by atoms with E-state index in [-0.39, 0.29) is 6.17 Å². The van der Waals surface area contributed by atoms with Gasteiger partial charge in [0.05, 0.1) is 5.84 Å². The molecule has 0 spiro atoms. The van der Waals surface area contributed by atoms with Crippen LogP contribution < -0.4 is 16.0 Å². The summed E-state index contributed by atoms with van der Waals surface area (Å²) in [5.41, 5.74) is 0. The molecule has 1 unspecified atom stereocenters. The lowest BCUT2D eigenvalue weighted by Crippen LogP contribution is -2.50. The molecule has 0 aromatic carbocycles.